The number of nitrogens with two attached hydrogens (primary N) is 2. The first-order chi connectivity index (χ1) is 8.97. The van der Waals surface area contributed by atoms with Gasteiger partial charge in [-0.1, -0.05) is 0 Å². The zero-order valence-electron chi connectivity index (χ0n) is 9.65. The Balaban J connectivity index is 2.37. The number of halogens is 2. The topological polar surface area (TPSA) is 94.0 Å². The molecule has 7 heteroatoms. The van der Waals surface area contributed by atoms with Gasteiger partial charge in [-0.05, 0) is 40.2 Å². The molecule has 0 saturated heterocycles. The number of benzene rings is 1. The number of primary amides is 1. The molecule has 1 aromatic heterocycles. The Morgan fingerprint density at radius 2 is 2.11 bits per heavy atom. The molecule has 1 amide bonds. The number of carbonyl (C=O) groups excluding carboxylic acids is 1. The average molecular weight is 325 g/mol. The molecule has 0 radical (unpaired) electrons. The summed E-state index contributed by atoms with van der Waals surface area (Å²) in [6.07, 6.45) is 1.38. The lowest BCUT2D eigenvalue weighted by molar-refractivity contribution is 0.100. The standard InChI is InChI=1S/C12H10BrFN4O/c13-9-2-1-7(4-10(9)14)18-12-8(11(16)19)3-6(15)5-17-12/h1-5H,15H2,(H2,16,19)(H,17,18). The maximum atomic E-state index is 13.4. The third-order valence-electron chi connectivity index (χ3n) is 2.36. The van der Waals surface area contributed by atoms with Crippen molar-refractivity contribution >= 4 is 39.0 Å². The highest BCUT2D eigenvalue weighted by Gasteiger charge is 2.11. The zero-order chi connectivity index (χ0) is 14.0. The van der Waals surface area contributed by atoms with Gasteiger partial charge in [0.05, 0.1) is 21.9 Å². The number of pyridine rings is 1. The molecule has 0 atom stereocenters. The van der Waals surface area contributed by atoms with Crippen LogP contribution in [0.3, 0.4) is 0 Å². The third-order valence-corrected chi connectivity index (χ3v) is 3.00. The van der Waals surface area contributed by atoms with E-state index in [2.05, 4.69) is 26.2 Å². The van der Waals surface area contributed by atoms with Crippen molar-refractivity contribution in [2.75, 3.05) is 11.1 Å². The Kier molecular flexibility index (Phi) is 3.66. The number of carbonyl (C=O) groups is 1. The van der Waals surface area contributed by atoms with E-state index in [4.69, 9.17) is 11.5 Å². The predicted octanol–water partition coefficient (Wildman–Crippen LogP) is 2.41. The molecule has 0 fully saturated rings. The molecule has 0 unspecified atom stereocenters. The Morgan fingerprint density at radius 3 is 2.74 bits per heavy atom. The number of aromatic nitrogens is 1. The summed E-state index contributed by atoms with van der Waals surface area (Å²) in [4.78, 5) is 15.3. The zero-order valence-corrected chi connectivity index (χ0v) is 11.2. The lowest BCUT2D eigenvalue weighted by atomic mass is 10.2. The van der Waals surface area contributed by atoms with Crippen molar-refractivity contribution in [3.05, 3.63) is 46.3 Å². The van der Waals surface area contributed by atoms with Crippen LogP contribution in [0, 0.1) is 5.82 Å². The molecule has 1 heterocycles. The van der Waals surface area contributed by atoms with E-state index >= 15 is 0 Å². The van der Waals surface area contributed by atoms with Gasteiger partial charge in [-0.25, -0.2) is 9.37 Å². The largest absolute Gasteiger partial charge is 0.397 e. The molecular formula is C12H10BrFN4O. The second-order valence-corrected chi connectivity index (χ2v) is 4.64. The van der Waals surface area contributed by atoms with Crippen molar-refractivity contribution in [3.63, 3.8) is 0 Å². The Hall–Kier alpha value is -2.15. The fraction of sp³-hybridized carbons (Fsp3) is 0. The Morgan fingerprint density at radius 1 is 1.37 bits per heavy atom. The van der Waals surface area contributed by atoms with Gasteiger partial charge in [0.15, 0.2) is 0 Å². The molecule has 1 aromatic carbocycles. The van der Waals surface area contributed by atoms with E-state index in [1.165, 1.54) is 18.3 Å². The van der Waals surface area contributed by atoms with Gasteiger partial charge in [0, 0.05) is 5.69 Å². The molecule has 0 aliphatic carbocycles. The minimum absolute atomic E-state index is 0.142. The van der Waals surface area contributed by atoms with Crippen LogP contribution in [-0.4, -0.2) is 10.9 Å². The summed E-state index contributed by atoms with van der Waals surface area (Å²) in [5, 5.41) is 2.82. The van der Waals surface area contributed by atoms with Crippen LogP contribution in [0.2, 0.25) is 0 Å². The van der Waals surface area contributed by atoms with E-state index in [1.807, 2.05) is 0 Å². The number of hydrogen-bond acceptors (Lipinski definition) is 4. The maximum Gasteiger partial charge on any atom is 0.252 e. The van der Waals surface area contributed by atoms with E-state index in [9.17, 15) is 9.18 Å². The molecule has 0 bridgehead atoms. The van der Waals surface area contributed by atoms with Gasteiger partial charge in [0.25, 0.3) is 5.91 Å². The fourth-order valence-corrected chi connectivity index (χ4v) is 1.73. The van der Waals surface area contributed by atoms with Gasteiger partial charge in [0.2, 0.25) is 0 Å². The van der Waals surface area contributed by atoms with Crippen LogP contribution < -0.4 is 16.8 Å². The van der Waals surface area contributed by atoms with E-state index < -0.39 is 11.7 Å². The summed E-state index contributed by atoms with van der Waals surface area (Å²) in [6, 6.07) is 5.86. The lowest BCUT2D eigenvalue weighted by Crippen LogP contribution is -2.14. The number of nitrogens with zero attached hydrogens (tertiary/aromatic N) is 1. The fourth-order valence-electron chi connectivity index (χ4n) is 1.48. The van der Waals surface area contributed by atoms with Gasteiger partial charge in [-0.15, -0.1) is 0 Å². The Bertz CT molecular complexity index is 648. The van der Waals surface area contributed by atoms with E-state index in [0.29, 0.717) is 15.8 Å². The molecule has 0 spiro atoms. The van der Waals surface area contributed by atoms with Crippen LogP contribution in [-0.2, 0) is 0 Å². The van der Waals surface area contributed by atoms with Gasteiger partial charge in [0.1, 0.15) is 11.6 Å². The van der Waals surface area contributed by atoms with Crippen LogP contribution in [0.1, 0.15) is 10.4 Å². The summed E-state index contributed by atoms with van der Waals surface area (Å²) in [5.74, 6) is -0.871. The first kappa shape index (κ1) is 13.3. The lowest BCUT2D eigenvalue weighted by Gasteiger charge is -2.10. The average Bonchev–Trinajstić information content (AvgIpc) is 2.36. The van der Waals surface area contributed by atoms with E-state index in [0.717, 1.165) is 0 Å². The highest BCUT2D eigenvalue weighted by molar-refractivity contribution is 9.10. The molecule has 98 valence electrons. The smallest absolute Gasteiger partial charge is 0.252 e. The number of nitrogen functional groups attached to an aromatic ring is 1. The van der Waals surface area contributed by atoms with E-state index in [1.54, 1.807) is 12.1 Å². The van der Waals surface area contributed by atoms with Gasteiger partial charge in [-0.2, -0.15) is 0 Å². The molecule has 0 aliphatic rings. The molecule has 0 aliphatic heterocycles. The van der Waals surface area contributed by atoms with Gasteiger partial charge >= 0.3 is 0 Å². The van der Waals surface area contributed by atoms with Crippen LogP contribution in [0.5, 0.6) is 0 Å². The van der Waals surface area contributed by atoms with Gasteiger partial charge < -0.3 is 16.8 Å². The van der Waals surface area contributed by atoms with Crippen molar-refractivity contribution in [1.82, 2.24) is 4.98 Å². The SMILES string of the molecule is NC(=O)c1cc(N)cnc1Nc1ccc(Br)c(F)c1. The second-order valence-electron chi connectivity index (χ2n) is 3.78. The van der Waals surface area contributed by atoms with Crippen LogP contribution >= 0.6 is 15.9 Å². The van der Waals surface area contributed by atoms with E-state index in [-0.39, 0.29) is 11.4 Å². The minimum Gasteiger partial charge on any atom is -0.397 e. The van der Waals surface area contributed by atoms with Crippen molar-refractivity contribution in [3.8, 4) is 0 Å². The highest BCUT2D eigenvalue weighted by atomic mass is 79.9. The first-order valence-corrected chi connectivity index (χ1v) is 6.04. The normalized spacial score (nSPS) is 10.2. The second kappa shape index (κ2) is 5.23. The number of amides is 1. The molecule has 2 rings (SSSR count). The van der Waals surface area contributed by atoms with Crippen LogP contribution in [0.15, 0.2) is 34.9 Å². The monoisotopic (exact) mass is 324 g/mol. The summed E-state index contributed by atoms with van der Waals surface area (Å²) in [7, 11) is 0. The summed E-state index contributed by atoms with van der Waals surface area (Å²) >= 11 is 3.05. The molecule has 2 aromatic rings. The summed E-state index contributed by atoms with van der Waals surface area (Å²) in [6.45, 7) is 0. The number of anilines is 3. The molecule has 5 N–H and O–H groups in total. The van der Waals surface area contributed by atoms with Crippen molar-refractivity contribution in [2.24, 2.45) is 5.73 Å². The van der Waals surface area contributed by atoms with Crippen molar-refractivity contribution in [2.45, 2.75) is 0 Å². The van der Waals surface area contributed by atoms with Gasteiger partial charge in [-0.3, -0.25) is 4.79 Å². The predicted molar refractivity (Wildman–Crippen MR) is 74.5 cm³/mol. The third kappa shape index (κ3) is 3.00. The van der Waals surface area contributed by atoms with Crippen LogP contribution in [0.4, 0.5) is 21.6 Å². The van der Waals surface area contributed by atoms with Crippen LogP contribution in [0.25, 0.3) is 0 Å². The maximum absolute atomic E-state index is 13.4. The number of hydrogen-bond donors (Lipinski definition) is 3. The number of rotatable bonds is 3. The quantitative estimate of drug-likeness (QED) is 0.808. The molecular weight excluding hydrogens is 315 g/mol. The molecule has 5 nitrogen and oxygen atoms in total. The molecule has 0 saturated carbocycles. The number of nitrogens with one attached hydrogen (secondary N) is 1. The van der Waals surface area contributed by atoms with Crippen molar-refractivity contribution < 1.29 is 9.18 Å². The Labute approximate surface area is 116 Å². The molecule has 19 heavy (non-hydrogen) atoms. The van der Waals surface area contributed by atoms with Crippen molar-refractivity contribution in [1.29, 1.82) is 0 Å². The highest BCUT2D eigenvalue weighted by Crippen LogP contribution is 2.24. The summed E-state index contributed by atoms with van der Waals surface area (Å²) in [5.41, 5.74) is 11.7. The first-order valence-electron chi connectivity index (χ1n) is 5.25. The summed E-state index contributed by atoms with van der Waals surface area (Å²) < 4.78 is 13.7. The minimum atomic E-state index is -0.667.